The van der Waals surface area contributed by atoms with Crippen molar-refractivity contribution < 1.29 is 9.18 Å². The zero-order valence-electron chi connectivity index (χ0n) is 13.4. The molecule has 0 fully saturated rings. The normalized spacial score (nSPS) is 10.7. The maximum absolute atomic E-state index is 13.6. The molecule has 0 saturated heterocycles. The number of benzene rings is 2. The van der Waals surface area contributed by atoms with E-state index in [1.807, 2.05) is 24.3 Å². The molecule has 0 unspecified atom stereocenters. The molecule has 0 saturated carbocycles. The lowest BCUT2D eigenvalue weighted by Crippen LogP contribution is -2.27. The average Bonchev–Trinajstić information content (AvgIpc) is 2.58. The van der Waals surface area contributed by atoms with Gasteiger partial charge in [0.25, 0.3) is 0 Å². The lowest BCUT2D eigenvalue weighted by molar-refractivity contribution is -0.118. The molecule has 134 valence electrons. The minimum absolute atomic E-state index is 0.0124. The predicted octanol–water partition coefficient (Wildman–Crippen LogP) is 5.42. The number of rotatable bonds is 9. The van der Waals surface area contributed by atoms with Crippen molar-refractivity contribution in [1.82, 2.24) is 5.32 Å². The first-order valence-corrected chi connectivity index (χ1v) is 10.7. The highest BCUT2D eigenvalue weighted by molar-refractivity contribution is 7.99. The summed E-state index contributed by atoms with van der Waals surface area (Å²) < 4.78 is 13.6. The number of carbonyl (C=O) groups is 1. The number of nitrogens with one attached hydrogen (secondary N) is 1. The third-order valence-corrected chi connectivity index (χ3v) is 6.02. The Morgan fingerprint density at radius 3 is 2.52 bits per heavy atom. The van der Waals surface area contributed by atoms with Crippen molar-refractivity contribution in [3.05, 3.63) is 69.5 Å². The summed E-state index contributed by atoms with van der Waals surface area (Å²) in [4.78, 5) is 11.8. The van der Waals surface area contributed by atoms with Crippen molar-refractivity contribution in [2.24, 2.45) is 0 Å². The first kappa shape index (κ1) is 20.4. The van der Waals surface area contributed by atoms with Crippen LogP contribution in [0, 0.1) is 5.82 Å². The molecular formula is C18H18Cl2FNOS2. The molecular weight excluding hydrogens is 400 g/mol. The van der Waals surface area contributed by atoms with Crippen LogP contribution in [0.2, 0.25) is 10.0 Å². The first-order valence-electron chi connectivity index (χ1n) is 7.66. The van der Waals surface area contributed by atoms with E-state index in [4.69, 9.17) is 23.2 Å². The average molecular weight is 418 g/mol. The van der Waals surface area contributed by atoms with Crippen LogP contribution in [-0.2, 0) is 16.3 Å². The lowest BCUT2D eigenvalue weighted by Gasteiger charge is -2.07. The molecule has 1 amide bonds. The van der Waals surface area contributed by atoms with E-state index in [1.54, 1.807) is 12.1 Å². The molecule has 0 bridgehead atoms. The van der Waals surface area contributed by atoms with Crippen molar-refractivity contribution in [1.29, 1.82) is 0 Å². The molecule has 25 heavy (non-hydrogen) atoms. The third-order valence-electron chi connectivity index (χ3n) is 3.33. The van der Waals surface area contributed by atoms with Gasteiger partial charge in [0.1, 0.15) is 5.82 Å². The summed E-state index contributed by atoms with van der Waals surface area (Å²) in [5.41, 5.74) is 1.54. The van der Waals surface area contributed by atoms with Crippen molar-refractivity contribution >= 4 is 52.6 Å². The van der Waals surface area contributed by atoms with Gasteiger partial charge in [-0.15, -0.1) is 11.8 Å². The number of halogens is 3. The highest BCUT2D eigenvalue weighted by Crippen LogP contribution is 2.23. The second-order valence-electron chi connectivity index (χ2n) is 5.19. The van der Waals surface area contributed by atoms with Gasteiger partial charge >= 0.3 is 0 Å². The maximum Gasteiger partial charge on any atom is 0.230 e. The van der Waals surface area contributed by atoms with E-state index in [2.05, 4.69) is 5.32 Å². The highest BCUT2D eigenvalue weighted by Gasteiger charge is 2.07. The van der Waals surface area contributed by atoms with Crippen LogP contribution in [0.5, 0.6) is 0 Å². The largest absolute Gasteiger partial charge is 0.355 e. The highest BCUT2D eigenvalue weighted by atomic mass is 35.5. The van der Waals surface area contributed by atoms with E-state index in [0.717, 1.165) is 10.6 Å². The number of thioether (sulfide) groups is 2. The van der Waals surface area contributed by atoms with Gasteiger partial charge in [0.05, 0.1) is 5.75 Å². The molecule has 7 heteroatoms. The van der Waals surface area contributed by atoms with Crippen molar-refractivity contribution in [2.45, 2.75) is 11.5 Å². The van der Waals surface area contributed by atoms with Crippen LogP contribution in [0.1, 0.15) is 11.1 Å². The molecule has 1 N–H and O–H groups in total. The van der Waals surface area contributed by atoms with Gasteiger partial charge in [0.2, 0.25) is 5.91 Å². The molecule has 0 aromatic heterocycles. The fraction of sp³-hybridized carbons (Fsp3) is 0.278. The standard InChI is InChI=1S/C18H18Cl2FNOS2/c19-15-5-2-1-4-13(15)10-25-12-18(23)22-8-9-24-11-14-16(20)6-3-7-17(14)21/h1-7H,8-12H2,(H,22,23). The Hall–Kier alpha value is -0.880. The van der Waals surface area contributed by atoms with Crippen LogP contribution in [0.4, 0.5) is 4.39 Å². The molecule has 0 heterocycles. The number of carbonyl (C=O) groups excluding carboxylic acids is 1. The van der Waals surface area contributed by atoms with E-state index < -0.39 is 0 Å². The predicted molar refractivity (Wildman–Crippen MR) is 108 cm³/mol. The smallest absolute Gasteiger partial charge is 0.230 e. The Morgan fingerprint density at radius 2 is 1.76 bits per heavy atom. The van der Waals surface area contributed by atoms with E-state index >= 15 is 0 Å². The summed E-state index contributed by atoms with van der Waals surface area (Å²) in [5, 5.41) is 4.02. The molecule has 2 aromatic carbocycles. The lowest BCUT2D eigenvalue weighted by atomic mass is 10.2. The minimum atomic E-state index is -0.292. The Bertz CT molecular complexity index is 695. The van der Waals surface area contributed by atoms with E-state index in [-0.39, 0.29) is 11.7 Å². The second kappa shape index (κ2) is 11.0. The third kappa shape index (κ3) is 7.10. The molecule has 0 aliphatic carbocycles. The molecule has 2 nitrogen and oxygen atoms in total. The maximum atomic E-state index is 13.6. The van der Waals surface area contributed by atoms with E-state index in [1.165, 1.54) is 29.6 Å². The summed E-state index contributed by atoms with van der Waals surface area (Å²) in [6.45, 7) is 0.544. The van der Waals surface area contributed by atoms with Gasteiger partial charge in [-0.05, 0) is 23.8 Å². The van der Waals surface area contributed by atoms with E-state index in [0.29, 0.717) is 40.1 Å². The Kier molecular flexibility index (Phi) is 8.96. The van der Waals surface area contributed by atoms with Crippen LogP contribution >= 0.6 is 46.7 Å². The van der Waals surface area contributed by atoms with Gasteiger partial charge in [-0.1, -0.05) is 47.5 Å². The van der Waals surface area contributed by atoms with Crippen LogP contribution in [0.15, 0.2) is 42.5 Å². The topological polar surface area (TPSA) is 29.1 Å². The van der Waals surface area contributed by atoms with Gasteiger partial charge in [0, 0.05) is 39.4 Å². The molecule has 0 radical (unpaired) electrons. The van der Waals surface area contributed by atoms with Gasteiger partial charge in [-0.3, -0.25) is 4.79 Å². The summed E-state index contributed by atoms with van der Waals surface area (Å²) in [7, 11) is 0. The zero-order valence-corrected chi connectivity index (χ0v) is 16.6. The van der Waals surface area contributed by atoms with Crippen molar-refractivity contribution in [3.8, 4) is 0 Å². The Morgan fingerprint density at radius 1 is 1.00 bits per heavy atom. The second-order valence-corrected chi connectivity index (χ2v) is 8.09. The van der Waals surface area contributed by atoms with Gasteiger partial charge in [0.15, 0.2) is 0 Å². The Balaban J connectivity index is 1.59. The number of hydrogen-bond acceptors (Lipinski definition) is 3. The molecule has 0 atom stereocenters. The summed E-state index contributed by atoms with van der Waals surface area (Å²) in [5.74, 6) is 1.97. The summed E-state index contributed by atoms with van der Waals surface area (Å²) in [6.07, 6.45) is 0. The number of amides is 1. The Labute approximate surface area is 165 Å². The molecule has 0 aliphatic rings. The fourth-order valence-corrected chi connectivity index (χ4v) is 4.37. The monoisotopic (exact) mass is 417 g/mol. The van der Waals surface area contributed by atoms with Crippen molar-refractivity contribution in [2.75, 3.05) is 18.1 Å². The van der Waals surface area contributed by atoms with Gasteiger partial charge in [-0.25, -0.2) is 4.39 Å². The van der Waals surface area contributed by atoms with Crippen LogP contribution in [0.3, 0.4) is 0 Å². The minimum Gasteiger partial charge on any atom is -0.355 e. The van der Waals surface area contributed by atoms with Gasteiger partial charge < -0.3 is 5.32 Å². The summed E-state index contributed by atoms with van der Waals surface area (Å²) >= 11 is 15.1. The zero-order chi connectivity index (χ0) is 18.1. The SMILES string of the molecule is O=C(CSCc1ccccc1Cl)NCCSCc1c(F)cccc1Cl. The van der Waals surface area contributed by atoms with Crippen LogP contribution in [-0.4, -0.2) is 24.0 Å². The van der Waals surface area contributed by atoms with Crippen molar-refractivity contribution in [3.63, 3.8) is 0 Å². The molecule has 2 aromatic rings. The summed E-state index contributed by atoms with van der Waals surface area (Å²) in [6, 6.07) is 12.3. The van der Waals surface area contributed by atoms with Crippen LogP contribution in [0.25, 0.3) is 0 Å². The number of hydrogen-bond donors (Lipinski definition) is 1. The molecule has 0 spiro atoms. The van der Waals surface area contributed by atoms with Gasteiger partial charge in [-0.2, -0.15) is 11.8 Å². The quantitative estimate of drug-likeness (QED) is 0.552. The van der Waals surface area contributed by atoms with Crippen LogP contribution < -0.4 is 5.32 Å². The fourth-order valence-electron chi connectivity index (χ4n) is 2.03. The van der Waals surface area contributed by atoms with E-state index in [9.17, 15) is 9.18 Å². The molecule has 2 rings (SSSR count). The first-order chi connectivity index (χ1) is 12.1. The molecule has 0 aliphatic heterocycles.